The lowest BCUT2D eigenvalue weighted by molar-refractivity contribution is 0.188. The van der Waals surface area contributed by atoms with Crippen molar-refractivity contribution in [1.29, 1.82) is 0 Å². The number of amides is 2. The molecule has 0 aromatic heterocycles. The summed E-state index contributed by atoms with van der Waals surface area (Å²) in [6.45, 7) is 9.29. The van der Waals surface area contributed by atoms with Gasteiger partial charge in [0.25, 0.3) is 0 Å². The highest BCUT2D eigenvalue weighted by atomic mass is 16.5. The fourth-order valence-corrected chi connectivity index (χ4v) is 1.75. The van der Waals surface area contributed by atoms with Gasteiger partial charge in [0.2, 0.25) is 0 Å². The van der Waals surface area contributed by atoms with Crippen molar-refractivity contribution in [2.75, 3.05) is 39.4 Å². The van der Waals surface area contributed by atoms with Crippen molar-refractivity contribution in [3.63, 3.8) is 0 Å². The van der Waals surface area contributed by atoms with Crippen molar-refractivity contribution < 1.29 is 9.53 Å². The summed E-state index contributed by atoms with van der Waals surface area (Å²) in [4.78, 5) is 13.7. The maximum atomic E-state index is 11.5. The number of nitrogens with one attached hydrogen (secondary N) is 2. The molecule has 0 spiro atoms. The summed E-state index contributed by atoms with van der Waals surface area (Å²) in [5, 5.41) is 5.76. The van der Waals surface area contributed by atoms with E-state index < -0.39 is 0 Å². The average Bonchev–Trinajstić information content (AvgIpc) is 2.77. The van der Waals surface area contributed by atoms with Gasteiger partial charge in [0.15, 0.2) is 0 Å². The summed E-state index contributed by atoms with van der Waals surface area (Å²) in [5.41, 5.74) is 0. The van der Waals surface area contributed by atoms with Crippen molar-refractivity contribution in [3.8, 4) is 0 Å². The van der Waals surface area contributed by atoms with Crippen LogP contribution in [0.2, 0.25) is 0 Å². The molecule has 1 rings (SSSR count). The normalized spacial score (nSPS) is 20.1. The molecular formula is C11H23N3O2. The average molecular weight is 229 g/mol. The number of urea groups is 1. The molecule has 1 saturated heterocycles. The molecule has 5 heteroatoms. The summed E-state index contributed by atoms with van der Waals surface area (Å²) < 4.78 is 5.18. The Kier molecular flexibility index (Phi) is 6.18. The molecule has 0 bridgehead atoms. The minimum Gasteiger partial charge on any atom is -0.379 e. The van der Waals surface area contributed by atoms with Crippen molar-refractivity contribution in [1.82, 2.24) is 15.5 Å². The zero-order valence-electron chi connectivity index (χ0n) is 10.3. The first-order valence-electron chi connectivity index (χ1n) is 6.10. The first-order valence-corrected chi connectivity index (χ1v) is 6.10. The van der Waals surface area contributed by atoms with Gasteiger partial charge in [-0.15, -0.1) is 0 Å². The highest BCUT2D eigenvalue weighted by molar-refractivity contribution is 5.74. The van der Waals surface area contributed by atoms with Crippen LogP contribution in [-0.4, -0.2) is 56.4 Å². The third kappa shape index (κ3) is 4.81. The maximum Gasteiger partial charge on any atom is 0.315 e. The van der Waals surface area contributed by atoms with Gasteiger partial charge in [-0.25, -0.2) is 4.79 Å². The van der Waals surface area contributed by atoms with E-state index in [1.165, 1.54) is 0 Å². The Labute approximate surface area is 97.5 Å². The van der Waals surface area contributed by atoms with E-state index in [9.17, 15) is 4.79 Å². The number of hydrogen-bond donors (Lipinski definition) is 2. The third-order valence-corrected chi connectivity index (χ3v) is 2.87. The highest BCUT2D eigenvalue weighted by Crippen LogP contribution is 2.02. The Morgan fingerprint density at radius 2 is 2.19 bits per heavy atom. The van der Waals surface area contributed by atoms with Crippen molar-refractivity contribution in [3.05, 3.63) is 0 Å². The lowest BCUT2D eigenvalue weighted by atomic mass is 10.3. The molecule has 0 aliphatic carbocycles. The second-order valence-corrected chi connectivity index (χ2v) is 3.99. The van der Waals surface area contributed by atoms with E-state index in [0.717, 1.165) is 32.7 Å². The van der Waals surface area contributed by atoms with Gasteiger partial charge in [-0.2, -0.15) is 0 Å². The molecule has 94 valence electrons. The van der Waals surface area contributed by atoms with Crippen molar-refractivity contribution >= 4 is 6.03 Å². The Morgan fingerprint density at radius 3 is 2.75 bits per heavy atom. The number of hydrogen-bond acceptors (Lipinski definition) is 3. The van der Waals surface area contributed by atoms with Gasteiger partial charge in [0.05, 0.1) is 12.6 Å². The number of ether oxygens (including phenoxy) is 1. The summed E-state index contributed by atoms with van der Waals surface area (Å²) in [6.07, 6.45) is 0.920. The molecule has 1 fully saturated rings. The summed E-state index contributed by atoms with van der Waals surface area (Å²) in [6, 6.07) is 0.108. The van der Waals surface area contributed by atoms with E-state index in [-0.39, 0.29) is 12.1 Å². The number of likely N-dealkylation sites (N-methyl/N-ethyl adjacent to an activating group) is 1. The van der Waals surface area contributed by atoms with Crippen molar-refractivity contribution in [2.24, 2.45) is 0 Å². The van der Waals surface area contributed by atoms with E-state index in [1.54, 1.807) is 0 Å². The van der Waals surface area contributed by atoms with Crippen LogP contribution >= 0.6 is 0 Å². The lowest BCUT2D eigenvalue weighted by Crippen LogP contribution is -2.44. The molecule has 0 saturated carbocycles. The van der Waals surface area contributed by atoms with Gasteiger partial charge in [-0.05, 0) is 19.5 Å². The second-order valence-electron chi connectivity index (χ2n) is 3.99. The van der Waals surface area contributed by atoms with Crippen molar-refractivity contribution in [2.45, 2.75) is 26.3 Å². The molecule has 16 heavy (non-hydrogen) atoms. The molecule has 1 heterocycles. The van der Waals surface area contributed by atoms with E-state index in [2.05, 4.69) is 29.4 Å². The van der Waals surface area contributed by atoms with Crippen LogP contribution in [-0.2, 0) is 4.74 Å². The fourth-order valence-electron chi connectivity index (χ4n) is 1.75. The standard InChI is InChI=1S/C11H23N3O2/c1-3-14(4-2)7-6-12-11(15)13-10-5-8-16-9-10/h10H,3-9H2,1-2H3,(H2,12,13,15). The molecule has 0 aromatic rings. The summed E-state index contributed by atoms with van der Waals surface area (Å²) in [5.74, 6) is 0. The number of nitrogens with zero attached hydrogens (tertiary/aromatic N) is 1. The van der Waals surface area contributed by atoms with Gasteiger partial charge < -0.3 is 20.3 Å². The first-order chi connectivity index (χ1) is 7.76. The molecule has 5 nitrogen and oxygen atoms in total. The van der Waals surface area contributed by atoms with Crippen LogP contribution in [0.15, 0.2) is 0 Å². The predicted octanol–water partition coefficient (Wildman–Crippen LogP) is 0.416. The molecule has 1 atom stereocenters. The third-order valence-electron chi connectivity index (χ3n) is 2.87. The largest absolute Gasteiger partial charge is 0.379 e. The van der Waals surface area contributed by atoms with Crippen LogP contribution in [0, 0.1) is 0 Å². The van der Waals surface area contributed by atoms with Crippen LogP contribution < -0.4 is 10.6 Å². The molecule has 1 aliphatic heterocycles. The smallest absolute Gasteiger partial charge is 0.315 e. The van der Waals surface area contributed by atoms with Crippen LogP contribution in [0.1, 0.15) is 20.3 Å². The molecular weight excluding hydrogens is 206 g/mol. The topological polar surface area (TPSA) is 53.6 Å². The minimum atomic E-state index is -0.0809. The van der Waals surface area contributed by atoms with E-state index in [1.807, 2.05) is 0 Å². The maximum absolute atomic E-state index is 11.5. The molecule has 0 radical (unpaired) electrons. The van der Waals surface area contributed by atoms with Gasteiger partial charge >= 0.3 is 6.03 Å². The zero-order valence-corrected chi connectivity index (χ0v) is 10.3. The molecule has 1 aliphatic rings. The van der Waals surface area contributed by atoms with E-state index in [0.29, 0.717) is 13.2 Å². The Hall–Kier alpha value is -0.810. The lowest BCUT2D eigenvalue weighted by Gasteiger charge is -2.18. The SMILES string of the molecule is CCN(CC)CCNC(=O)NC1CCOC1. The van der Waals surface area contributed by atoms with E-state index >= 15 is 0 Å². The zero-order chi connectivity index (χ0) is 11.8. The number of carbonyl (C=O) groups excluding carboxylic acids is 1. The predicted molar refractivity (Wildman–Crippen MR) is 63.5 cm³/mol. The minimum absolute atomic E-state index is 0.0809. The van der Waals surface area contributed by atoms with Gasteiger partial charge in [-0.3, -0.25) is 0 Å². The van der Waals surface area contributed by atoms with Gasteiger partial charge in [0, 0.05) is 19.7 Å². The molecule has 0 aromatic carbocycles. The molecule has 2 N–H and O–H groups in total. The van der Waals surface area contributed by atoms with Crippen LogP contribution in [0.4, 0.5) is 4.79 Å². The fraction of sp³-hybridized carbons (Fsp3) is 0.909. The first kappa shape index (κ1) is 13.3. The monoisotopic (exact) mass is 229 g/mol. The van der Waals surface area contributed by atoms with Crippen LogP contribution in [0.3, 0.4) is 0 Å². The van der Waals surface area contributed by atoms with Crippen LogP contribution in [0.5, 0.6) is 0 Å². The van der Waals surface area contributed by atoms with Gasteiger partial charge in [0.1, 0.15) is 0 Å². The van der Waals surface area contributed by atoms with E-state index in [4.69, 9.17) is 4.74 Å². The number of carbonyl (C=O) groups is 1. The number of rotatable bonds is 6. The van der Waals surface area contributed by atoms with Crippen LogP contribution in [0.25, 0.3) is 0 Å². The highest BCUT2D eigenvalue weighted by Gasteiger charge is 2.17. The quantitative estimate of drug-likeness (QED) is 0.694. The Balaban J connectivity index is 2.05. The second kappa shape index (κ2) is 7.46. The summed E-state index contributed by atoms with van der Waals surface area (Å²) in [7, 11) is 0. The molecule has 2 amide bonds. The summed E-state index contributed by atoms with van der Waals surface area (Å²) >= 11 is 0. The molecule has 1 unspecified atom stereocenters. The Morgan fingerprint density at radius 1 is 1.44 bits per heavy atom. The Bertz CT molecular complexity index is 201. The van der Waals surface area contributed by atoms with Gasteiger partial charge in [-0.1, -0.05) is 13.8 Å².